The third-order valence-electron chi connectivity index (χ3n) is 6.30. The van der Waals surface area contributed by atoms with Crippen molar-refractivity contribution in [1.29, 1.82) is 0 Å². The van der Waals surface area contributed by atoms with Gasteiger partial charge in [-0.2, -0.15) is 0 Å². The average molecular weight is 619 g/mol. The third kappa shape index (κ3) is 10.1. The Bertz CT molecular complexity index is 1430. The lowest BCUT2D eigenvalue weighted by molar-refractivity contribution is -0.142. The molecule has 0 saturated carbocycles. The van der Waals surface area contributed by atoms with Gasteiger partial charge in [-0.3, -0.25) is 13.9 Å². The SMILES string of the molecule is CC(C)(C)NC(=O)[C@H](Cc1ccccc1)N(Cc1ccc(Cl)c(Cl)c1)C(=O)CCCN(c1ccccc1)S(C)(=O)=O. The van der Waals surface area contributed by atoms with E-state index >= 15 is 0 Å². The van der Waals surface area contributed by atoms with Crippen molar-refractivity contribution in [2.75, 3.05) is 17.1 Å². The molecule has 41 heavy (non-hydrogen) atoms. The minimum atomic E-state index is -3.57. The minimum absolute atomic E-state index is 0.0360. The van der Waals surface area contributed by atoms with E-state index in [1.165, 1.54) is 4.31 Å². The van der Waals surface area contributed by atoms with Gasteiger partial charge in [-0.25, -0.2) is 8.42 Å². The Morgan fingerprint density at radius 3 is 2.05 bits per heavy atom. The van der Waals surface area contributed by atoms with E-state index in [-0.39, 0.29) is 37.7 Å². The van der Waals surface area contributed by atoms with Crippen molar-refractivity contribution in [2.24, 2.45) is 0 Å². The van der Waals surface area contributed by atoms with Crippen LogP contribution in [0.25, 0.3) is 0 Å². The predicted octanol–water partition coefficient (Wildman–Crippen LogP) is 6.09. The number of benzene rings is 3. The number of hydrogen-bond donors (Lipinski definition) is 1. The largest absolute Gasteiger partial charge is 0.350 e. The van der Waals surface area contributed by atoms with E-state index in [1.807, 2.05) is 57.2 Å². The second-order valence-electron chi connectivity index (χ2n) is 11.0. The Balaban J connectivity index is 1.92. The van der Waals surface area contributed by atoms with Crippen molar-refractivity contribution in [3.63, 3.8) is 0 Å². The molecule has 0 saturated heterocycles. The van der Waals surface area contributed by atoms with E-state index in [2.05, 4.69) is 5.32 Å². The highest BCUT2D eigenvalue weighted by molar-refractivity contribution is 7.92. The first-order chi connectivity index (χ1) is 19.2. The van der Waals surface area contributed by atoms with Crippen molar-refractivity contribution < 1.29 is 18.0 Å². The summed E-state index contributed by atoms with van der Waals surface area (Å²) in [5, 5.41) is 3.77. The Morgan fingerprint density at radius 1 is 0.878 bits per heavy atom. The zero-order valence-corrected chi connectivity index (χ0v) is 26.1. The average Bonchev–Trinajstić information content (AvgIpc) is 2.90. The van der Waals surface area contributed by atoms with Crippen molar-refractivity contribution in [1.82, 2.24) is 10.2 Å². The number of nitrogens with zero attached hydrogens (tertiary/aromatic N) is 2. The molecule has 7 nitrogen and oxygen atoms in total. The van der Waals surface area contributed by atoms with E-state index < -0.39 is 21.6 Å². The van der Waals surface area contributed by atoms with Gasteiger partial charge in [-0.1, -0.05) is 77.8 Å². The molecule has 0 bridgehead atoms. The number of carbonyl (C=O) groups is 2. The van der Waals surface area contributed by atoms with E-state index in [0.29, 0.717) is 22.2 Å². The maximum absolute atomic E-state index is 13.9. The molecule has 220 valence electrons. The summed E-state index contributed by atoms with van der Waals surface area (Å²) in [4.78, 5) is 29.1. The number of anilines is 1. The number of para-hydroxylation sites is 1. The van der Waals surface area contributed by atoms with Gasteiger partial charge in [0.2, 0.25) is 21.8 Å². The van der Waals surface area contributed by atoms with E-state index in [1.54, 1.807) is 47.4 Å². The fourth-order valence-corrected chi connectivity index (χ4v) is 5.73. The summed E-state index contributed by atoms with van der Waals surface area (Å²) in [6.45, 7) is 5.91. The molecule has 0 unspecified atom stereocenters. The quantitative estimate of drug-likeness (QED) is 0.266. The molecule has 0 fully saturated rings. The molecule has 0 radical (unpaired) electrons. The number of sulfonamides is 1. The summed E-state index contributed by atoms with van der Waals surface area (Å²) >= 11 is 12.4. The Labute approximate surface area is 253 Å². The van der Waals surface area contributed by atoms with Crippen LogP contribution in [0.15, 0.2) is 78.9 Å². The van der Waals surface area contributed by atoms with E-state index in [0.717, 1.165) is 17.4 Å². The molecule has 0 aliphatic rings. The molecule has 1 atom stereocenters. The number of carbonyl (C=O) groups excluding carboxylic acids is 2. The van der Waals surface area contributed by atoms with Crippen LogP contribution in [0, 0.1) is 0 Å². The number of hydrogen-bond acceptors (Lipinski definition) is 4. The van der Waals surface area contributed by atoms with Crippen LogP contribution >= 0.6 is 23.2 Å². The number of nitrogens with one attached hydrogen (secondary N) is 1. The van der Waals surface area contributed by atoms with Crippen LogP contribution in [0.2, 0.25) is 10.0 Å². The van der Waals surface area contributed by atoms with E-state index in [4.69, 9.17) is 23.2 Å². The zero-order valence-electron chi connectivity index (χ0n) is 23.8. The highest BCUT2D eigenvalue weighted by Crippen LogP contribution is 2.25. The second-order valence-corrected chi connectivity index (χ2v) is 13.7. The molecule has 0 aromatic heterocycles. The summed E-state index contributed by atoms with van der Waals surface area (Å²) in [5.41, 5.74) is 1.63. The summed E-state index contributed by atoms with van der Waals surface area (Å²) in [6, 6.07) is 22.6. The third-order valence-corrected chi connectivity index (χ3v) is 8.24. The minimum Gasteiger partial charge on any atom is -0.350 e. The fraction of sp³-hybridized carbons (Fsp3) is 0.355. The molecule has 3 aromatic rings. The highest BCUT2D eigenvalue weighted by Gasteiger charge is 2.32. The highest BCUT2D eigenvalue weighted by atomic mass is 35.5. The molecule has 1 N–H and O–H groups in total. The predicted molar refractivity (Wildman–Crippen MR) is 167 cm³/mol. The first-order valence-electron chi connectivity index (χ1n) is 13.4. The Kier molecular flexibility index (Phi) is 11.2. The van der Waals surface area contributed by atoms with Crippen molar-refractivity contribution in [3.05, 3.63) is 100 Å². The van der Waals surface area contributed by atoms with Gasteiger partial charge in [0, 0.05) is 31.5 Å². The van der Waals surface area contributed by atoms with Gasteiger partial charge in [0.1, 0.15) is 6.04 Å². The summed E-state index contributed by atoms with van der Waals surface area (Å²) in [6.07, 6.45) is 1.74. The van der Waals surface area contributed by atoms with E-state index in [9.17, 15) is 18.0 Å². The van der Waals surface area contributed by atoms with Crippen molar-refractivity contribution in [2.45, 2.75) is 58.2 Å². The van der Waals surface area contributed by atoms with Gasteiger partial charge in [0.05, 0.1) is 22.0 Å². The monoisotopic (exact) mass is 617 g/mol. The van der Waals surface area contributed by atoms with Gasteiger partial charge < -0.3 is 10.2 Å². The molecule has 0 aliphatic heterocycles. The number of halogens is 2. The molecule has 3 rings (SSSR count). The van der Waals surface area contributed by atoms with Crippen LogP contribution < -0.4 is 9.62 Å². The Hall–Kier alpha value is -3.07. The fourth-order valence-electron chi connectivity index (χ4n) is 4.44. The van der Waals surface area contributed by atoms with Gasteiger partial charge in [-0.05, 0) is 62.6 Å². The van der Waals surface area contributed by atoms with Crippen LogP contribution in [-0.4, -0.2) is 49.5 Å². The van der Waals surface area contributed by atoms with Crippen LogP contribution in [0.5, 0.6) is 0 Å². The first-order valence-corrected chi connectivity index (χ1v) is 16.0. The molecule has 2 amide bonds. The molecule has 0 heterocycles. The van der Waals surface area contributed by atoms with Gasteiger partial charge in [0.15, 0.2) is 0 Å². The first kappa shape index (κ1) is 32.4. The zero-order chi connectivity index (χ0) is 30.2. The molecular weight excluding hydrogens is 581 g/mol. The molecular formula is C31H37Cl2N3O4S. The molecule has 0 spiro atoms. The van der Waals surface area contributed by atoms with Crippen LogP contribution in [-0.2, 0) is 32.6 Å². The van der Waals surface area contributed by atoms with Crippen molar-refractivity contribution >= 4 is 50.7 Å². The Morgan fingerprint density at radius 2 is 1.49 bits per heavy atom. The molecule has 10 heteroatoms. The van der Waals surface area contributed by atoms with Gasteiger partial charge >= 0.3 is 0 Å². The maximum Gasteiger partial charge on any atom is 0.243 e. The summed E-state index contributed by atoms with van der Waals surface area (Å²) in [7, 11) is -3.57. The number of amides is 2. The standard InChI is InChI=1S/C31H37Cl2N3O4S/c1-31(2,3)34-30(38)28(21-23-12-7-5-8-13-23)35(22-24-17-18-26(32)27(33)20-24)29(37)16-11-19-36(41(4,39)40)25-14-9-6-10-15-25/h5-10,12-15,17-18,20,28H,11,16,19,21-22H2,1-4H3,(H,34,38)/t28-/m0/s1. The normalized spacial score (nSPS) is 12.4. The van der Waals surface area contributed by atoms with Crippen LogP contribution in [0.1, 0.15) is 44.7 Å². The van der Waals surface area contributed by atoms with Crippen molar-refractivity contribution in [3.8, 4) is 0 Å². The number of rotatable bonds is 12. The lowest BCUT2D eigenvalue weighted by Gasteiger charge is -2.34. The summed E-state index contributed by atoms with van der Waals surface area (Å²) < 4.78 is 26.3. The molecule has 0 aliphatic carbocycles. The lowest BCUT2D eigenvalue weighted by Crippen LogP contribution is -2.54. The second kappa shape index (κ2) is 14.2. The smallest absolute Gasteiger partial charge is 0.243 e. The molecule has 3 aromatic carbocycles. The summed E-state index contributed by atoms with van der Waals surface area (Å²) in [5.74, 6) is -0.556. The maximum atomic E-state index is 13.9. The van der Waals surface area contributed by atoms with Gasteiger partial charge in [-0.15, -0.1) is 0 Å². The van der Waals surface area contributed by atoms with Gasteiger partial charge in [0.25, 0.3) is 0 Å². The van der Waals surface area contributed by atoms with Crippen LogP contribution in [0.3, 0.4) is 0 Å². The lowest BCUT2D eigenvalue weighted by atomic mass is 10.00. The van der Waals surface area contributed by atoms with Crippen LogP contribution in [0.4, 0.5) is 5.69 Å². The topological polar surface area (TPSA) is 86.8 Å².